The van der Waals surface area contributed by atoms with Gasteiger partial charge in [-0.15, -0.1) is 0 Å². The molecule has 2 aromatic carbocycles. The number of nitrogen functional groups attached to an aromatic ring is 1. The summed E-state index contributed by atoms with van der Waals surface area (Å²) in [5.74, 6) is -0.0762. The van der Waals surface area contributed by atoms with Crippen LogP contribution in [0, 0.1) is 59.1 Å². The molecule has 0 saturated carbocycles. The fraction of sp³-hybridized carbons (Fsp3) is 0.333. The summed E-state index contributed by atoms with van der Waals surface area (Å²) in [4.78, 5) is 56.9. The molecule has 6 aromatic rings. The van der Waals surface area contributed by atoms with E-state index >= 15 is 0 Å². The lowest BCUT2D eigenvalue weighted by Gasteiger charge is -2.17. The summed E-state index contributed by atoms with van der Waals surface area (Å²) in [7, 11) is 0. The minimum Gasteiger partial charge on any atom is -0.446 e. The SMILES string of the molecule is C.Cc1cnc(CC2CCN(C(=O)Cc3nc(-c4ccc(F)cc4F)ccc3N)C2)o1.Cc1cnc(CC2CCN(C(=O)Cc3nc(-c4ccc(F)cc4F)ccc3[N+](=O)[O-])C2)o1. The van der Waals surface area contributed by atoms with E-state index in [1.807, 2.05) is 13.8 Å². The molecule has 2 amide bonds. The Bertz CT molecular complexity index is 2620. The van der Waals surface area contributed by atoms with E-state index in [9.17, 15) is 37.3 Å². The fourth-order valence-electron chi connectivity index (χ4n) is 7.59. The van der Waals surface area contributed by atoms with Crippen molar-refractivity contribution in [2.75, 3.05) is 31.9 Å². The van der Waals surface area contributed by atoms with Crippen LogP contribution in [0.3, 0.4) is 0 Å². The van der Waals surface area contributed by atoms with E-state index < -0.39 is 28.2 Å². The normalized spacial score (nSPS) is 15.8. The highest BCUT2D eigenvalue weighted by molar-refractivity contribution is 5.81. The van der Waals surface area contributed by atoms with Crippen molar-refractivity contribution < 1.29 is 40.9 Å². The van der Waals surface area contributed by atoms with Crippen molar-refractivity contribution in [1.82, 2.24) is 29.7 Å². The molecule has 2 atom stereocenters. The molecule has 4 aromatic heterocycles. The predicted molar refractivity (Wildman–Crippen MR) is 224 cm³/mol. The van der Waals surface area contributed by atoms with Crippen molar-refractivity contribution >= 4 is 23.2 Å². The zero-order valence-electron chi connectivity index (χ0n) is 33.8. The third-order valence-electron chi connectivity index (χ3n) is 10.7. The van der Waals surface area contributed by atoms with Crippen LogP contribution in [0.5, 0.6) is 0 Å². The van der Waals surface area contributed by atoms with Gasteiger partial charge in [-0.25, -0.2) is 32.5 Å². The first-order valence-corrected chi connectivity index (χ1v) is 19.9. The Balaban J connectivity index is 0.000000207. The Kier molecular flexibility index (Phi) is 14.3. The molecule has 2 aliphatic rings. The number of nitrogens with two attached hydrogens (primary N) is 1. The third-order valence-corrected chi connectivity index (χ3v) is 10.7. The number of hydrogen-bond donors (Lipinski definition) is 1. The average molecular weight is 871 g/mol. The Morgan fingerprint density at radius 3 is 1.63 bits per heavy atom. The second-order valence-corrected chi connectivity index (χ2v) is 15.4. The second kappa shape index (κ2) is 19.8. The maximum Gasteiger partial charge on any atom is 0.291 e. The van der Waals surface area contributed by atoms with Crippen LogP contribution in [0.25, 0.3) is 22.5 Å². The third kappa shape index (κ3) is 11.3. The summed E-state index contributed by atoms with van der Waals surface area (Å²) in [6.45, 7) is 5.93. The van der Waals surface area contributed by atoms with Crippen LogP contribution < -0.4 is 5.73 Å². The number of hydrogen-bond acceptors (Lipinski definition) is 11. The second-order valence-electron chi connectivity index (χ2n) is 15.4. The largest absolute Gasteiger partial charge is 0.446 e. The number of oxazole rings is 2. The van der Waals surface area contributed by atoms with Gasteiger partial charge < -0.3 is 24.4 Å². The zero-order valence-corrected chi connectivity index (χ0v) is 33.8. The van der Waals surface area contributed by atoms with E-state index in [4.69, 9.17) is 14.6 Å². The number of halogens is 4. The average Bonchev–Trinajstić information content (AvgIpc) is 4.06. The Morgan fingerprint density at radius 2 is 1.19 bits per heavy atom. The molecule has 0 radical (unpaired) electrons. The number of carbonyl (C=O) groups excluding carboxylic acids is 2. The van der Waals surface area contributed by atoms with Gasteiger partial charge in [0, 0.05) is 68.3 Å². The van der Waals surface area contributed by atoms with Crippen LogP contribution in [0.1, 0.15) is 55.0 Å². The molecule has 330 valence electrons. The number of carbonyl (C=O) groups is 2. The number of anilines is 1. The highest BCUT2D eigenvalue weighted by Crippen LogP contribution is 2.29. The lowest BCUT2D eigenvalue weighted by atomic mass is 10.1. The molecule has 14 nitrogen and oxygen atoms in total. The fourth-order valence-corrected chi connectivity index (χ4v) is 7.59. The molecule has 63 heavy (non-hydrogen) atoms. The molecule has 8 rings (SSSR count). The van der Waals surface area contributed by atoms with Crippen LogP contribution >= 0.6 is 0 Å². The first-order valence-electron chi connectivity index (χ1n) is 19.9. The van der Waals surface area contributed by atoms with Gasteiger partial charge in [-0.1, -0.05) is 7.43 Å². The Hall–Kier alpha value is -6.98. The molecule has 2 N–H and O–H groups in total. The van der Waals surface area contributed by atoms with Crippen LogP contribution in [-0.4, -0.2) is 72.7 Å². The number of nitrogens with zero attached hydrogens (tertiary/aromatic N) is 7. The summed E-state index contributed by atoms with van der Waals surface area (Å²) >= 11 is 0. The Labute approximate surface area is 360 Å². The number of likely N-dealkylation sites (tertiary alicyclic amines) is 2. The van der Waals surface area contributed by atoms with E-state index in [0.29, 0.717) is 73.9 Å². The summed E-state index contributed by atoms with van der Waals surface area (Å²) in [6, 6.07) is 11.9. The van der Waals surface area contributed by atoms with Gasteiger partial charge in [0.15, 0.2) is 11.8 Å². The van der Waals surface area contributed by atoms with Gasteiger partial charge in [0.2, 0.25) is 11.8 Å². The van der Waals surface area contributed by atoms with Crippen molar-refractivity contribution in [2.24, 2.45) is 11.8 Å². The van der Waals surface area contributed by atoms with E-state index in [2.05, 4.69) is 19.9 Å². The van der Waals surface area contributed by atoms with Crippen molar-refractivity contribution in [3.05, 3.63) is 141 Å². The van der Waals surface area contributed by atoms with Crippen molar-refractivity contribution in [3.8, 4) is 22.5 Å². The first kappa shape index (κ1) is 45.5. The summed E-state index contributed by atoms with van der Waals surface area (Å²) in [5.41, 5.74) is 6.92. The zero-order chi connectivity index (χ0) is 44.1. The number of aromatic nitrogens is 4. The van der Waals surface area contributed by atoms with Crippen LogP contribution in [0.2, 0.25) is 0 Å². The Morgan fingerprint density at radius 1 is 0.730 bits per heavy atom. The van der Waals surface area contributed by atoms with Crippen LogP contribution in [0.15, 0.2) is 81.9 Å². The molecule has 0 bridgehead atoms. The number of aryl methyl sites for hydroxylation is 2. The van der Waals surface area contributed by atoms with Gasteiger partial charge in [-0.3, -0.25) is 24.7 Å². The lowest BCUT2D eigenvalue weighted by Crippen LogP contribution is -2.30. The van der Waals surface area contributed by atoms with Crippen LogP contribution in [-0.2, 0) is 35.3 Å². The van der Waals surface area contributed by atoms with Gasteiger partial charge >= 0.3 is 0 Å². The number of rotatable bonds is 11. The molecular weight excluding hydrogens is 825 g/mol. The molecule has 2 saturated heterocycles. The van der Waals surface area contributed by atoms with Crippen molar-refractivity contribution in [1.29, 1.82) is 0 Å². The molecule has 0 aliphatic carbocycles. The van der Waals surface area contributed by atoms with E-state index in [1.54, 1.807) is 34.3 Å². The first-order chi connectivity index (χ1) is 29.7. The van der Waals surface area contributed by atoms with Gasteiger partial charge in [-0.05, 0) is 81.0 Å². The van der Waals surface area contributed by atoms with Gasteiger partial charge in [-0.2, -0.15) is 0 Å². The highest BCUT2D eigenvalue weighted by Gasteiger charge is 2.31. The van der Waals surface area contributed by atoms with E-state index in [1.165, 1.54) is 30.3 Å². The minimum atomic E-state index is -0.840. The van der Waals surface area contributed by atoms with E-state index in [-0.39, 0.29) is 72.1 Å². The van der Waals surface area contributed by atoms with Crippen LogP contribution in [0.4, 0.5) is 28.9 Å². The number of benzene rings is 2. The summed E-state index contributed by atoms with van der Waals surface area (Å²) in [5, 5.41) is 11.4. The smallest absolute Gasteiger partial charge is 0.291 e. The molecule has 2 fully saturated rings. The summed E-state index contributed by atoms with van der Waals surface area (Å²) < 4.78 is 65.7. The quantitative estimate of drug-likeness (QED) is 0.0754. The van der Waals surface area contributed by atoms with Crippen molar-refractivity contribution in [3.63, 3.8) is 0 Å². The monoisotopic (exact) mass is 870 g/mol. The van der Waals surface area contributed by atoms with Gasteiger partial charge in [0.05, 0.1) is 52.9 Å². The summed E-state index contributed by atoms with van der Waals surface area (Å²) in [6.07, 6.45) is 6.01. The van der Waals surface area contributed by atoms with E-state index in [0.717, 1.165) is 36.5 Å². The number of pyridine rings is 2. The molecule has 2 unspecified atom stereocenters. The number of amides is 2. The lowest BCUT2D eigenvalue weighted by molar-refractivity contribution is -0.385. The molecule has 6 heterocycles. The van der Waals surface area contributed by atoms with Crippen molar-refractivity contribution in [2.45, 2.75) is 59.8 Å². The topological polar surface area (TPSA) is 188 Å². The van der Waals surface area contributed by atoms with Gasteiger partial charge in [0.25, 0.3) is 5.69 Å². The molecule has 0 spiro atoms. The standard InChI is InChI=1S/C22H20F2N4O4.C22H22F2N4O2.CH4/c1-13-11-25-21(32-13)8-14-6-7-27(12-14)22(29)10-19-20(28(30)31)5-4-18(26-19)16-3-2-15(23)9-17(16)24;1-13-11-26-21(30-13)8-14-6-7-28(12-14)22(29)10-20-18(25)4-5-19(27-20)16-3-2-15(23)9-17(16)24;/h2-5,9,11,14H,6-8,10,12H2,1H3;2-5,9,11,14H,6-8,10,12,25H2,1H3;1H4. The van der Waals surface area contributed by atoms with Gasteiger partial charge in [0.1, 0.15) is 40.5 Å². The number of nitro groups is 1. The maximum atomic E-state index is 14.2. The molecule has 18 heteroatoms. The predicted octanol–water partition coefficient (Wildman–Crippen LogP) is 8.04. The highest BCUT2D eigenvalue weighted by atomic mass is 19.1. The minimum absolute atomic E-state index is 0. The molecule has 2 aliphatic heterocycles. The maximum absolute atomic E-state index is 14.2. The molecular formula is C45H46F4N8O6.